The number of anilines is 1. The number of aliphatic hydroxyl groups is 1. The van der Waals surface area contributed by atoms with Crippen LogP contribution in [0.2, 0.25) is 0 Å². The molecule has 0 saturated heterocycles. The van der Waals surface area contributed by atoms with E-state index in [-0.39, 0.29) is 22.2 Å². The van der Waals surface area contributed by atoms with Gasteiger partial charge in [0, 0.05) is 18.0 Å². The van der Waals surface area contributed by atoms with Crippen molar-refractivity contribution in [2.24, 2.45) is 0 Å². The van der Waals surface area contributed by atoms with Crippen molar-refractivity contribution in [1.82, 2.24) is 4.98 Å². The van der Waals surface area contributed by atoms with E-state index in [0.717, 1.165) is 5.56 Å². The molecule has 40 heavy (non-hydrogen) atoms. The fourth-order valence-corrected chi connectivity index (χ4v) is 4.90. The number of Topliss-reactive ketones (excluding diaryl/α,β-unsaturated/α-hetero) is 1. The molecule has 4 rings (SSSR count). The molecule has 2 amide bonds. The molecule has 1 atom stereocenters. The van der Waals surface area contributed by atoms with E-state index in [1.165, 1.54) is 36.4 Å². The monoisotopic (exact) mass is 544 g/mol. The molecular formula is C31H32N2O7. The summed E-state index contributed by atoms with van der Waals surface area (Å²) in [4.78, 5) is 56.3. The van der Waals surface area contributed by atoms with Crippen molar-refractivity contribution in [2.45, 2.75) is 64.1 Å². The lowest BCUT2D eigenvalue weighted by Gasteiger charge is -2.43. The third-order valence-corrected chi connectivity index (χ3v) is 7.07. The van der Waals surface area contributed by atoms with Crippen LogP contribution in [0, 0.1) is 0 Å². The molecule has 9 nitrogen and oxygen atoms in total. The van der Waals surface area contributed by atoms with E-state index >= 15 is 0 Å². The summed E-state index contributed by atoms with van der Waals surface area (Å²) in [5.41, 5.74) is -0.811. The molecule has 3 aromatic rings. The van der Waals surface area contributed by atoms with Gasteiger partial charge in [-0.25, -0.2) is 14.5 Å². The summed E-state index contributed by atoms with van der Waals surface area (Å²) in [7, 11) is 0. The Morgan fingerprint density at radius 2 is 1.48 bits per heavy atom. The molecule has 1 heterocycles. The van der Waals surface area contributed by atoms with E-state index in [2.05, 4.69) is 18.8 Å². The van der Waals surface area contributed by atoms with Crippen molar-refractivity contribution in [1.29, 1.82) is 0 Å². The van der Waals surface area contributed by atoms with Crippen molar-refractivity contribution in [3.63, 3.8) is 0 Å². The lowest BCUT2D eigenvalue weighted by atomic mass is 9.64. The second-order valence-electron chi connectivity index (χ2n) is 11.5. The molecule has 0 saturated carbocycles. The van der Waals surface area contributed by atoms with Crippen LogP contribution in [0.25, 0.3) is 0 Å². The summed E-state index contributed by atoms with van der Waals surface area (Å²) >= 11 is 0. The molecule has 9 heteroatoms. The van der Waals surface area contributed by atoms with Crippen LogP contribution >= 0.6 is 0 Å². The van der Waals surface area contributed by atoms with E-state index in [9.17, 15) is 29.4 Å². The van der Waals surface area contributed by atoms with Crippen molar-refractivity contribution >= 4 is 29.4 Å². The molecule has 0 aliphatic heterocycles. The Morgan fingerprint density at radius 3 is 2.05 bits per heavy atom. The number of hydrogen-bond acceptors (Lipinski definition) is 7. The summed E-state index contributed by atoms with van der Waals surface area (Å²) < 4.78 is 5.40. The molecule has 0 spiro atoms. The van der Waals surface area contributed by atoms with Crippen molar-refractivity contribution in [3.05, 3.63) is 94.8 Å². The van der Waals surface area contributed by atoms with Crippen molar-refractivity contribution in [2.75, 3.05) is 4.90 Å². The van der Waals surface area contributed by atoms with E-state index in [1.54, 1.807) is 51.4 Å². The Kier molecular flexibility index (Phi) is 7.38. The van der Waals surface area contributed by atoms with Crippen LogP contribution in [-0.2, 0) is 20.5 Å². The summed E-state index contributed by atoms with van der Waals surface area (Å²) in [5.74, 6) is -3.35. The fraction of sp³-hybridized carbons (Fsp3) is 0.323. The molecule has 0 bridgehead atoms. The number of aromatic carboxylic acids is 1. The minimum atomic E-state index is -1.41. The first-order valence-corrected chi connectivity index (χ1v) is 12.9. The van der Waals surface area contributed by atoms with Crippen LogP contribution in [-0.4, -0.2) is 44.6 Å². The number of aromatic nitrogens is 1. The van der Waals surface area contributed by atoms with Crippen LogP contribution in [0.5, 0.6) is 0 Å². The number of pyridine rings is 1. The molecule has 1 unspecified atom stereocenters. The predicted molar refractivity (Wildman–Crippen MR) is 147 cm³/mol. The molecular weight excluding hydrogens is 512 g/mol. The lowest BCUT2D eigenvalue weighted by Crippen LogP contribution is -2.44. The highest BCUT2D eigenvalue weighted by Gasteiger charge is 2.43. The van der Waals surface area contributed by atoms with Gasteiger partial charge in [0.1, 0.15) is 11.2 Å². The van der Waals surface area contributed by atoms with Crippen LogP contribution in [0.3, 0.4) is 0 Å². The summed E-state index contributed by atoms with van der Waals surface area (Å²) in [6, 6.07) is 13.2. The topological polar surface area (TPSA) is 134 Å². The Bertz CT molecular complexity index is 1470. The van der Waals surface area contributed by atoms with Gasteiger partial charge in [0.2, 0.25) is 0 Å². The Labute approximate surface area is 232 Å². The minimum Gasteiger partial charge on any atom is -0.478 e. The van der Waals surface area contributed by atoms with Crippen LogP contribution in [0.1, 0.15) is 84.9 Å². The summed E-state index contributed by atoms with van der Waals surface area (Å²) in [5, 5.41) is 21.1. The number of ketones is 1. The van der Waals surface area contributed by atoms with E-state index in [0.29, 0.717) is 28.9 Å². The zero-order valence-electron chi connectivity index (χ0n) is 23.1. The van der Waals surface area contributed by atoms with E-state index in [1.807, 2.05) is 0 Å². The van der Waals surface area contributed by atoms with Crippen molar-refractivity contribution < 1.29 is 34.1 Å². The number of carbonyl (C=O) groups excluding carboxylic acids is 3. The SMILES string of the molecule is CC(C)(C)OC(=O)N(C(=O)C(=O)c1ccc2c(c1)C(O)(c1ccncc1)CCC2(C)C)c1ccc(C(=O)O)cc1. The number of imide groups is 1. The fourth-order valence-electron chi connectivity index (χ4n) is 4.90. The van der Waals surface area contributed by atoms with Crippen LogP contribution in [0.4, 0.5) is 10.5 Å². The Balaban J connectivity index is 1.78. The van der Waals surface area contributed by atoms with Crippen LogP contribution in [0.15, 0.2) is 67.0 Å². The zero-order chi connectivity index (χ0) is 29.5. The quantitative estimate of drug-likeness (QED) is 0.329. The number of carboxylic acids is 1. The third kappa shape index (κ3) is 5.51. The van der Waals surface area contributed by atoms with Gasteiger partial charge in [-0.3, -0.25) is 14.6 Å². The number of amides is 2. The number of carbonyl (C=O) groups is 4. The number of carboxylic acid groups (broad SMARTS) is 1. The molecule has 1 aliphatic carbocycles. The highest BCUT2D eigenvalue weighted by Crippen LogP contribution is 2.48. The van der Waals surface area contributed by atoms with Gasteiger partial charge in [-0.2, -0.15) is 0 Å². The van der Waals surface area contributed by atoms with E-state index < -0.39 is 35.0 Å². The Hall–Kier alpha value is -4.37. The Morgan fingerprint density at radius 1 is 0.875 bits per heavy atom. The number of fused-ring (bicyclic) bond motifs is 1. The summed E-state index contributed by atoms with van der Waals surface area (Å²) in [6.07, 6.45) is 3.16. The van der Waals surface area contributed by atoms with Gasteiger partial charge in [-0.1, -0.05) is 26.0 Å². The minimum absolute atomic E-state index is 0.00959. The first-order valence-electron chi connectivity index (χ1n) is 12.9. The average molecular weight is 545 g/mol. The standard InChI is InChI=1S/C31H32N2O7/c1-29(2,3)40-28(38)33(22-9-6-19(7-10-22)27(36)37)26(35)25(34)20-8-11-23-24(18-20)31(39,15-14-30(23,4)5)21-12-16-32-17-13-21/h6-13,16-18,39H,14-15H2,1-5H3,(H,36,37). The average Bonchev–Trinajstić information content (AvgIpc) is 2.90. The molecule has 2 aromatic carbocycles. The molecule has 1 aliphatic rings. The maximum absolute atomic E-state index is 13.6. The normalized spacial score (nSPS) is 17.9. The predicted octanol–water partition coefficient (Wildman–Crippen LogP) is 5.24. The first kappa shape index (κ1) is 28.6. The molecule has 1 aromatic heterocycles. The number of nitrogens with zero attached hydrogens (tertiary/aromatic N) is 2. The molecule has 0 fully saturated rings. The highest BCUT2D eigenvalue weighted by atomic mass is 16.6. The number of hydrogen-bond donors (Lipinski definition) is 2. The van der Waals surface area contributed by atoms with Gasteiger partial charge < -0.3 is 14.9 Å². The van der Waals surface area contributed by atoms with E-state index in [4.69, 9.17) is 4.74 Å². The van der Waals surface area contributed by atoms with Gasteiger partial charge in [0.25, 0.3) is 5.78 Å². The van der Waals surface area contributed by atoms with Gasteiger partial charge in [0.05, 0.1) is 11.3 Å². The first-order chi connectivity index (χ1) is 18.6. The lowest BCUT2D eigenvalue weighted by molar-refractivity contribution is -0.114. The molecule has 0 radical (unpaired) electrons. The zero-order valence-corrected chi connectivity index (χ0v) is 23.1. The van der Waals surface area contributed by atoms with Gasteiger partial charge in [0.15, 0.2) is 0 Å². The maximum atomic E-state index is 13.6. The largest absolute Gasteiger partial charge is 0.478 e. The second kappa shape index (κ2) is 10.3. The highest BCUT2D eigenvalue weighted by molar-refractivity contribution is 6.50. The van der Waals surface area contributed by atoms with Gasteiger partial charge in [-0.15, -0.1) is 0 Å². The summed E-state index contributed by atoms with van der Waals surface area (Å²) in [6.45, 7) is 8.96. The van der Waals surface area contributed by atoms with Crippen molar-refractivity contribution in [3.8, 4) is 0 Å². The van der Waals surface area contributed by atoms with Gasteiger partial charge in [-0.05, 0) is 98.2 Å². The number of benzene rings is 2. The molecule has 208 valence electrons. The number of rotatable bonds is 5. The maximum Gasteiger partial charge on any atom is 0.422 e. The molecule has 2 N–H and O–H groups in total. The van der Waals surface area contributed by atoms with Gasteiger partial charge >= 0.3 is 18.0 Å². The second-order valence-corrected chi connectivity index (χ2v) is 11.5. The third-order valence-electron chi connectivity index (χ3n) is 7.07. The number of ether oxygens (including phenoxy) is 1. The van der Waals surface area contributed by atoms with Crippen LogP contribution < -0.4 is 4.90 Å². The smallest absolute Gasteiger partial charge is 0.422 e.